The minimum atomic E-state index is -0.304. The first-order chi connectivity index (χ1) is 10.7. The molecule has 22 heavy (non-hydrogen) atoms. The molecule has 7 heteroatoms. The van der Waals surface area contributed by atoms with Crippen LogP contribution in [0.4, 0.5) is 9.52 Å². The highest BCUT2D eigenvalue weighted by atomic mass is 32.1. The molecule has 1 N–H and O–H groups in total. The van der Waals surface area contributed by atoms with Crippen molar-refractivity contribution < 1.29 is 9.18 Å². The lowest BCUT2D eigenvalue weighted by Gasteiger charge is -1.96. The first-order valence-corrected chi connectivity index (χ1v) is 8.62. The average Bonchev–Trinajstić information content (AvgIpc) is 3.11. The summed E-state index contributed by atoms with van der Waals surface area (Å²) in [6.07, 6.45) is 3.04. The number of fused-ring (bicyclic) bond motifs is 1. The Morgan fingerprint density at radius 3 is 2.95 bits per heavy atom. The fraction of sp³-hybridized carbons (Fsp3) is 0.267. The number of aromatic nitrogens is 2. The van der Waals surface area contributed by atoms with Crippen LogP contribution in [0.2, 0.25) is 0 Å². The largest absolute Gasteiger partial charge is 0.296 e. The molecule has 114 valence electrons. The Labute approximate surface area is 135 Å². The molecule has 3 rings (SSSR count). The molecule has 0 fully saturated rings. The second-order valence-corrected chi connectivity index (χ2v) is 7.00. The van der Waals surface area contributed by atoms with E-state index in [9.17, 15) is 9.18 Å². The van der Waals surface area contributed by atoms with E-state index in [1.807, 2.05) is 0 Å². The molecule has 1 aromatic carbocycles. The number of benzene rings is 1. The maximum Gasteiger partial charge on any atom is 0.267 e. The molecule has 0 unspecified atom stereocenters. The predicted molar refractivity (Wildman–Crippen MR) is 88.3 cm³/mol. The van der Waals surface area contributed by atoms with Crippen LogP contribution in [0.3, 0.4) is 0 Å². The van der Waals surface area contributed by atoms with Crippen LogP contribution in [0.1, 0.15) is 34.4 Å². The van der Waals surface area contributed by atoms with Crippen LogP contribution >= 0.6 is 22.7 Å². The standard InChI is InChI=1S/C15H14FN3OS2/c1-2-3-4-13-18-19-15(22-13)17-14(20)12-8-9-7-10(16)5-6-11(9)21-12/h5-8H,2-4H2,1H3,(H,17,19,20). The number of thiophene rings is 1. The van der Waals surface area contributed by atoms with Crippen LogP contribution in [0.25, 0.3) is 10.1 Å². The first kappa shape index (κ1) is 15.1. The number of nitrogens with one attached hydrogen (secondary N) is 1. The first-order valence-electron chi connectivity index (χ1n) is 6.98. The van der Waals surface area contributed by atoms with E-state index in [2.05, 4.69) is 22.4 Å². The van der Waals surface area contributed by atoms with Crippen LogP contribution in [0.15, 0.2) is 24.3 Å². The molecule has 0 aliphatic carbocycles. The molecule has 4 nitrogen and oxygen atoms in total. The van der Waals surface area contributed by atoms with Gasteiger partial charge in [-0.15, -0.1) is 21.5 Å². The third-order valence-electron chi connectivity index (χ3n) is 3.13. The van der Waals surface area contributed by atoms with E-state index < -0.39 is 0 Å². The van der Waals surface area contributed by atoms with Crippen molar-refractivity contribution in [2.75, 3.05) is 5.32 Å². The fourth-order valence-electron chi connectivity index (χ4n) is 2.02. The zero-order valence-electron chi connectivity index (χ0n) is 11.9. The summed E-state index contributed by atoms with van der Waals surface area (Å²) in [7, 11) is 0. The van der Waals surface area contributed by atoms with Gasteiger partial charge in [-0.25, -0.2) is 4.39 Å². The van der Waals surface area contributed by atoms with E-state index in [0.717, 1.165) is 34.4 Å². The smallest absolute Gasteiger partial charge is 0.267 e. The Bertz CT molecular complexity index is 812. The lowest BCUT2D eigenvalue weighted by molar-refractivity contribution is 0.103. The van der Waals surface area contributed by atoms with Gasteiger partial charge in [0.25, 0.3) is 5.91 Å². The monoisotopic (exact) mass is 335 g/mol. The summed E-state index contributed by atoms with van der Waals surface area (Å²) in [4.78, 5) is 12.8. The number of hydrogen-bond donors (Lipinski definition) is 1. The molecule has 0 saturated heterocycles. The molecule has 0 radical (unpaired) electrons. The number of hydrogen-bond acceptors (Lipinski definition) is 5. The van der Waals surface area contributed by atoms with E-state index in [0.29, 0.717) is 10.0 Å². The number of aryl methyl sites for hydroxylation is 1. The van der Waals surface area contributed by atoms with E-state index >= 15 is 0 Å². The Morgan fingerprint density at radius 1 is 1.27 bits per heavy atom. The second-order valence-electron chi connectivity index (χ2n) is 4.85. The third kappa shape index (κ3) is 3.31. The number of rotatable bonds is 5. The minimum Gasteiger partial charge on any atom is -0.296 e. The van der Waals surface area contributed by atoms with Gasteiger partial charge in [0.2, 0.25) is 5.13 Å². The molecule has 0 atom stereocenters. The fourth-order valence-corrected chi connectivity index (χ4v) is 3.73. The number of halogens is 1. The maximum atomic E-state index is 13.2. The summed E-state index contributed by atoms with van der Waals surface area (Å²) < 4.78 is 14.1. The van der Waals surface area contributed by atoms with Crippen LogP contribution < -0.4 is 5.32 Å². The van der Waals surface area contributed by atoms with Gasteiger partial charge in [0.15, 0.2) is 0 Å². The molecule has 0 aliphatic heterocycles. The van der Waals surface area contributed by atoms with Crippen LogP contribution in [0.5, 0.6) is 0 Å². The van der Waals surface area contributed by atoms with E-state index in [-0.39, 0.29) is 11.7 Å². The highest BCUT2D eigenvalue weighted by molar-refractivity contribution is 7.21. The van der Waals surface area contributed by atoms with E-state index in [4.69, 9.17) is 0 Å². The van der Waals surface area contributed by atoms with Gasteiger partial charge in [-0.3, -0.25) is 10.1 Å². The number of unbranched alkanes of at least 4 members (excludes halogenated alkanes) is 1. The maximum absolute atomic E-state index is 13.2. The van der Waals surface area contributed by atoms with Gasteiger partial charge in [0, 0.05) is 11.1 Å². The Morgan fingerprint density at radius 2 is 2.14 bits per heavy atom. The Kier molecular flexibility index (Phi) is 4.44. The van der Waals surface area contributed by atoms with Gasteiger partial charge in [-0.05, 0) is 36.1 Å². The van der Waals surface area contributed by atoms with Gasteiger partial charge in [-0.1, -0.05) is 24.7 Å². The van der Waals surface area contributed by atoms with Crippen LogP contribution in [-0.4, -0.2) is 16.1 Å². The molecule has 2 aromatic heterocycles. The second kappa shape index (κ2) is 6.50. The molecular weight excluding hydrogens is 321 g/mol. The van der Waals surface area contributed by atoms with Gasteiger partial charge >= 0.3 is 0 Å². The average molecular weight is 335 g/mol. The van der Waals surface area contributed by atoms with Crippen molar-refractivity contribution in [3.05, 3.63) is 40.0 Å². The van der Waals surface area contributed by atoms with E-state index in [1.54, 1.807) is 12.1 Å². The molecular formula is C15H14FN3OS2. The van der Waals surface area contributed by atoms with Gasteiger partial charge in [-0.2, -0.15) is 0 Å². The van der Waals surface area contributed by atoms with Crippen LogP contribution in [-0.2, 0) is 6.42 Å². The number of anilines is 1. The zero-order chi connectivity index (χ0) is 15.5. The number of nitrogens with zero attached hydrogens (tertiary/aromatic N) is 2. The lowest BCUT2D eigenvalue weighted by atomic mass is 10.2. The summed E-state index contributed by atoms with van der Waals surface area (Å²) in [5, 5.41) is 13.0. The number of carbonyl (C=O) groups excluding carboxylic acids is 1. The van der Waals surface area contributed by atoms with Crippen molar-refractivity contribution in [1.29, 1.82) is 0 Å². The van der Waals surface area contributed by atoms with Gasteiger partial charge in [0.05, 0.1) is 4.88 Å². The van der Waals surface area contributed by atoms with Crippen molar-refractivity contribution in [2.24, 2.45) is 0 Å². The molecule has 3 aromatic rings. The Balaban J connectivity index is 1.73. The highest BCUT2D eigenvalue weighted by Gasteiger charge is 2.13. The van der Waals surface area contributed by atoms with Gasteiger partial charge < -0.3 is 0 Å². The van der Waals surface area contributed by atoms with Crippen LogP contribution in [0, 0.1) is 5.82 Å². The highest BCUT2D eigenvalue weighted by Crippen LogP contribution is 2.27. The molecule has 0 aliphatic rings. The normalized spacial score (nSPS) is 11.0. The summed E-state index contributed by atoms with van der Waals surface area (Å²) in [6, 6.07) is 6.19. The quantitative estimate of drug-likeness (QED) is 0.747. The molecule has 0 saturated carbocycles. The predicted octanol–water partition coefficient (Wildman–Crippen LogP) is 4.49. The summed E-state index contributed by atoms with van der Waals surface area (Å²) >= 11 is 2.73. The Hall–Kier alpha value is -1.86. The third-order valence-corrected chi connectivity index (χ3v) is 5.15. The summed E-state index contributed by atoms with van der Waals surface area (Å²) in [5.74, 6) is -0.540. The lowest BCUT2D eigenvalue weighted by Crippen LogP contribution is -2.09. The van der Waals surface area contributed by atoms with E-state index in [1.165, 1.54) is 34.8 Å². The summed E-state index contributed by atoms with van der Waals surface area (Å²) in [5.41, 5.74) is 0. The van der Waals surface area contributed by atoms with Crippen molar-refractivity contribution >= 4 is 43.8 Å². The molecule has 0 spiro atoms. The summed E-state index contributed by atoms with van der Waals surface area (Å²) in [6.45, 7) is 2.12. The van der Waals surface area contributed by atoms with Crippen molar-refractivity contribution in [3.8, 4) is 0 Å². The minimum absolute atomic E-state index is 0.236. The van der Waals surface area contributed by atoms with Crippen molar-refractivity contribution in [2.45, 2.75) is 26.2 Å². The molecule has 0 bridgehead atoms. The van der Waals surface area contributed by atoms with Crippen molar-refractivity contribution in [3.63, 3.8) is 0 Å². The number of amides is 1. The van der Waals surface area contributed by atoms with Gasteiger partial charge in [0.1, 0.15) is 10.8 Å². The number of carbonyl (C=O) groups is 1. The van der Waals surface area contributed by atoms with Crippen molar-refractivity contribution in [1.82, 2.24) is 10.2 Å². The zero-order valence-corrected chi connectivity index (χ0v) is 13.6. The molecule has 1 amide bonds. The SMILES string of the molecule is CCCCc1nnc(NC(=O)c2cc3cc(F)ccc3s2)s1. The molecule has 2 heterocycles. The topological polar surface area (TPSA) is 54.9 Å².